The van der Waals surface area contributed by atoms with Crippen molar-refractivity contribution in [1.29, 1.82) is 0 Å². The summed E-state index contributed by atoms with van der Waals surface area (Å²) in [5.74, 6) is 0.227. The van der Waals surface area contributed by atoms with Crippen LogP contribution in [0.1, 0.15) is 35.6 Å². The lowest BCUT2D eigenvalue weighted by atomic mass is 9.97. The van der Waals surface area contributed by atoms with E-state index in [1.165, 1.54) is 0 Å². The number of carbonyl (C=O) groups is 1. The van der Waals surface area contributed by atoms with Gasteiger partial charge in [-0.3, -0.25) is 9.78 Å². The van der Waals surface area contributed by atoms with Crippen LogP contribution in [-0.2, 0) is 11.3 Å². The molecule has 0 N–H and O–H groups in total. The molecule has 0 spiro atoms. The fraction of sp³-hybridized carbons (Fsp3) is 0.250. The molecule has 6 heteroatoms. The molecule has 5 nitrogen and oxygen atoms in total. The average molecular weight is 370 g/mol. The molecule has 2 heterocycles. The van der Waals surface area contributed by atoms with Crippen LogP contribution in [0, 0.1) is 13.8 Å². The van der Waals surface area contributed by atoms with Gasteiger partial charge in [0.2, 0.25) is 5.91 Å². The molecule has 134 valence electrons. The molecule has 26 heavy (non-hydrogen) atoms. The summed E-state index contributed by atoms with van der Waals surface area (Å²) in [5, 5.41) is 4.59. The first-order valence-corrected chi connectivity index (χ1v) is 8.74. The minimum absolute atomic E-state index is 0.0487. The number of nitrogens with zero attached hydrogens (tertiary/aromatic N) is 3. The van der Waals surface area contributed by atoms with E-state index in [-0.39, 0.29) is 11.8 Å². The van der Waals surface area contributed by atoms with Crippen LogP contribution < -0.4 is 4.90 Å². The lowest BCUT2D eigenvalue weighted by Crippen LogP contribution is -2.34. The van der Waals surface area contributed by atoms with Gasteiger partial charge in [0.05, 0.1) is 23.9 Å². The highest BCUT2D eigenvalue weighted by Gasteiger charge is 2.28. The summed E-state index contributed by atoms with van der Waals surface area (Å²) in [5.41, 5.74) is 3.14. The van der Waals surface area contributed by atoms with Crippen LogP contribution in [-0.4, -0.2) is 16.0 Å². The van der Waals surface area contributed by atoms with Gasteiger partial charge in [-0.1, -0.05) is 22.8 Å². The number of amides is 1. The largest absolute Gasteiger partial charge is 0.361 e. The van der Waals surface area contributed by atoms with Crippen molar-refractivity contribution in [2.24, 2.45) is 0 Å². The third-order valence-electron chi connectivity index (χ3n) is 4.34. The summed E-state index contributed by atoms with van der Waals surface area (Å²) in [6, 6.07) is 12.9. The number of rotatable bonds is 5. The Morgan fingerprint density at radius 2 is 1.92 bits per heavy atom. The number of halogens is 1. The van der Waals surface area contributed by atoms with Crippen LogP contribution in [0.2, 0.25) is 5.02 Å². The minimum Gasteiger partial charge on any atom is -0.361 e. The zero-order valence-corrected chi connectivity index (χ0v) is 15.7. The van der Waals surface area contributed by atoms with Crippen molar-refractivity contribution in [2.75, 3.05) is 4.90 Å². The molecule has 1 amide bonds. The second-order valence-electron chi connectivity index (χ2n) is 6.18. The van der Waals surface area contributed by atoms with Crippen molar-refractivity contribution < 1.29 is 9.32 Å². The lowest BCUT2D eigenvalue weighted by molar-refractivity contribution is -0.119. The van der Waals surface area contributed by atoms with E-state index in [9.17, 15) is 4.79 Å². The minimum atomic E-state index is -0.388. The van der Waals surface area contributed by atoms with Gasteiger partial charge in [-0.15, -0.1) is 0 Å². The standard InChI is InChI=1S/C20H20ClN3O2/c1-13(19-14(2)23-26-15(19)3)20(25)24(12-17-6-4-5-11-22-17)18-9-7-16(21)8-10-18/h4-11,13H,12H2,1-3H3/t13-/m0/s1. The van der Waals surface area contributed by atoms with Crippen molar-refractivity contribution in [3.05, 3.63) is 76.4 Å². The molecule has 3 aromatic rings. The van der Waals surface area contributed by atoms with Gasteiger partial charge in [-0.25, -0.2) is 0 Å². The summed E-state index contributed by atoms with van der Waals surface area (Å²) in [6.45, 7) is 5.91. The Kier molecular flexibility index (Phi) is 5.38. The Labute approximate surface area is 157 Å². The van der Waals surface area contributed by atoms with E-state index in [2.05, 4.69) is 10.1 Å². The molecule has 3 rings (SSSR count). The third-order valence-corrected chi connectivity index (χ3v) is 4.59. The maximum atomic E-state index is 13.3. The lowest BCUT2D eigenvalue weighted by Gasteiger charge is -2.26. The highest BCUT2D eigenvalue weighted by Crippen LogP contribution is 2.28. The monoisotopic (exact) mass is 369 g/mol. The van der Waals surface area contributed by atoms with E-state index in [0.29, 0.717) is 17.3 Å². The first-order valence-electron chi connectivity index (χ1n) is 8.37. The van der Waals surface area contributed by atoms with E-state index in [0.717, 1.165) is 22.6 Å². The van der Waals surface area contributed by atoms with Gasteiger partial charge in [-0.05, 0) is 57.2 Å². The van der Waals surface area contributed by atoms with Crippen molar-refractivity contribution >= 4 is 23.2 Å². The summed E-state index contributed by atoms with van der Waals surface area (Å²) in [4.78, 5) is 19.4. The van der Waals surface area contributed by atoms with E-state index in [4.69, 9.17) is 16.1 Å². The van der Waals surface area contributed by atoms with Gasteiger partial charge in [0.25, 0.3) is 0 Å². The molecule has 1 atom stereocenters. The topological polar surface area (TPSA) is 59.2 Å². The first kappa shape index (κ1) is 18.1. The SMILES string of the molecule is Cc1noc(C)c1[C@H](C)C(=O)N(Cc1ccccn1)c1ccc(Cl)cc1. The van der Waals surface area contributed by atoms with Gasteiger partial charge >= 0.3 is 0 Å². The number of anilines is 1. The van der Waals surface area contributed by atoms with Crippen molar-refractivity contribution in [2.45, 2.75) is 33.2 Å². The molecule has 0 fully saturated rings. The number of aromatic nitrogens is 2. The Bertz CT molecular complexity index is 872. The highest BCUT2D eigenvalue weighted by molar-refractivity contribution is 6.30. The predicted octanol–water partition coefficient (Wildman–Crippen LogP) is 4.68. The predicted molar refractivity (Wildman–Crippen MR) is 101 cm³/mol. The molecule has 1 aromatic carbocycles. The van der Waals surface area contributed by atoms with E-state index in [1.54, 1.807) is 23.2 Å². The van der Waals surface area contributed by atoms with Gasteiger partial charge in [0.15, 0.2) is 0 Å². The fourth-order valence-corrected chi connectivity index (χ4v) is 3.16. The van der Waals surface area contributed by atoms with Crippen LogP contribution in [0.3, 0.4) is 0 Å². The second kappa shape index (κ2) is 7.70. The molecule has 2 aromatic heterocycles. The summed E-state index contributed by atoms with van der Waals surface area (Å²) in [6.07, 6.45) is 1.72. The van der Waals surface area contributed by atoms with Crippen LogP contribution in [0.5, 0.6) is 0 Å². The van der Waals surface area contributed by atoms with E-state index in [1.807, 2.05) is 51.1 Å². The third kappa shape index (κ3) is 3.78. The number of aryl methyl sites for hydroxylation is 2. The molecule has 0 unspecified atom stereocenters. The van der Waals surface area contributed by atoms with E-state index < -0.39 is 0 Å². The van der Waals surface area contributed by atoms with Crippen LogP contribution in [0.4, 0.5) is 5.69 Å². The van der Waals surface area contributed by atoms with Gasteiger partial charge < -0.3 is 9.42 Å². The van der Waals surface area contributed by atoms with Crippen molar-refractivity contribution in [1.82, 2.24) is 10.1 Å². The van der Waals surface area contributed by atoms with Crippen LogP contribution >= 0.6 is 11.6 Å². The molecule has 0 radical (unpaired) electrons. The zero-order chi connectivity index (χ0) is 18.7. The van der Waals surface area contributed by atoms with Gasteiger partial charge in [0.1, 0.15) is 5.76 Å². The number of benzene rings is 1. The van der Waals surface area contributed by atoms with Crippen LogP contribution in [0.25, 0.3) is 0 Å². The maximum Gasteiger partial charge on any atom is 0.234 e. The Hall–Kier alpha value is -2.66. The zero-order valence-electron chi connectivity index (χ0n) is 14.9. The van der Waals surface area contributed by atoms with Gasteiger partial charge in [0, 0.05) is 22.5 Å². The average Bonchev–Trinajstić information content (AvgIpc) is 2.99. The number of carbonyl (C=O) groups excluding carboxylic acids is 1. The molecule has 0 saturated heterocycles. The van der Waals surface area contributed by atoms with Crippen molar-refractivity contribution in [3.63, 3.8) is 0 Å². The molecular formula is C20H20ClN3O2. The number of pyridine rings is 1. The second-order valence-corrected chi connectivity index (χ2v) is 6.62. The highest BCUT2D eigenvalue weighted by atomic mass is 35.5. The van der Waals surface area contributed by atoms with Crippen LogP contribution in [0.15, 0.2) is 53.2 Å². The Morgan fingerprint density at radius 3 is 2.50 bits per heavy atom. The first-order chi connectivity index (χ1) is 12.5. The number of hydrogen-bond acceptors (Lipinski definition) is 4. The molecule has 0 bridgehead atoms. The smallest absolute Gasteiger partial charge is 0.234 e. The summed E-state index contributed by atoms with van der Waals surface area (Å²) < 4.78 is 5.24. The molecule has 0 aliphatic carbocycles. The van der Waals surface area contributed by atoms with Crippen molar-refractivity contribution in [3.8, 4) is 0 Å². The molecule has 0 aliphatic rings. The normalized spacial score (nSPS) is 12.0. The van der Waals surface area contributed by atoms with Gasteiger partial charge in [-0.2, -0.15) is 0 Å². The Balaban J connectivity index is 1.96. The fourth-order valence-electron chi connectivity index (χ4n) is 3.04. The number of hydrogen-bond donors (Lipinski definition) is 0. The summed E-state index contributed by atoms with van der Waals surface area (Å²) >= 11 is 6.01. The molecule has 0 aliphatic heterocycles. The Morgan fingerprint density at radius 1 is 1.19 bits per heavy atom. The quantitative estimate of drug-likeness (QED) is 0.655. The summed E-state index contributed by atoms with van der Waals surface area (Å²) in [7, 11) is 0. The maximum absolute atomic E-state index is 13.3. The molecule has 0 saturated carbocycles. The molecular weight excluding hydrogens is 350 g/mol. The van der Waals surface area contributed by atoms with E-state index >= 15 is 0 Å².